The van der Waals surface area contributed by atoms with Gasteiger partial charge in [0.2, 0.25) is 5.91 Å². The molecule has 1 amide bonds. The summed E-state index contributed by atoms with van der Waals surface area (Å²) in [6, 6.07) is 19.3. The van der Waals surface area contributed by atoms with E-state index in [0.29, 0.717) is 28.1 Å². The van der Waals surface area contributed by atoms with Crippen LogP contribution in [0.5, 0.6) is 0 Å². The summed E-state index contributed by atoms with van der Waals surface area (Å²) in [6.07, 6.45) is 1.61. The second-order valence-electron chi connectivity index (χ2n) is 6.57. The number of hydrogen-bond acceptors (Lipinski definition) is 4. The number of carbonyl (C=O) groups is 2. The van der Waals surface area contributed by atoms with Crippen molar-refractivity contribution in [3.05, 3.63) is 89.0 Å². The van der Waals surface area contributed by atoms with Gasteiger partial charge in [0.1, 0.15) is 6.54 Å². The number of nitrogens with zero attached hydrogens (tertiary/aromatic N) is 3. The minimum Gasteiger partial charge on any atom is -0.325 e. The number of pyridine rings is 1. The monoisotopic (exact) mass is 386 g/mol. The van der Waals surface area contributed by atoms with Crippen LogP contribution < -0.4 is 11.0 Å². The largest absolute Gasteiger partial charge is 0.335 e. The smallest absolute Gasteiger partial charge is 0.325 e. The number of aromatic nitrogens is 3. The van der Waals surface area contributed by atoms with E-state index >= 15 is 0 Å². The topological polar surface area (TPSA) is 86.0 Å². The lowest BCUT2D eigenvalue weighted by atomic mass is 10.1. The van der Waals surface area contributed by atoms with Crippen LogP contribution in [0.4, 0.5) is 5.69 Å². The highest BCUT2D eigenvalue weighted by molar-refractivity contribution is 5.97. The minimum atomic E-state index is -0.372. The maximum absolute atomic E-state index is 13.1. The average Bonchev–Trinajstić information content (AvgIpc) is 3.00. The van der Waals surface area contributed by atoms with Crippen LogP contribution in [0.15, 0.2) is 77.7 Å². The van der Waals surface area contributed by atoms with Gasteiger partial charge in [0.05, 0.1) is 11.2 Å². The maximum Gasteiger partial charge on any atom is 0.335 e. The standard InChI is InChI=1S/C22H18N4O3/c1-15(27)16-7-5-8-17(13-16)24-20(28)14-25-19-11-6-12-23-21(19)26(22(25)29)18-9-3-2-4-10-18/h2-13H,14H2,1H3,(H,24,28). The highest BCUT2D eigenvalue weighted by Gasteiger charge is 2.17. The summed E-state index contributed by atoms with van der Waals surface area (Å²) in [7, 11) is 0. The van der Waals surface area contributed by atoms with Gasteiger partial charge < -0.3 is 5.32 Å². The Balaban J connectivity index is 1.69. The normalized spacial score (nSPS) is 10.8. The first kappa shape index (κ1) is 18.4. The first-order valence-electron chi connectivity index (χ1n) is 9.07. The summed E-state index contributed by atoms with van der Waals surface area (Å²) in [5.41, 5.74) is 2.38. The molecular formula is C22H18N4O3. The van der Waals surface area contributed by atoms with E-state index in [1.165, 1.54) is 16.1 Å². The Morgan fingerprint density at radius 3 is 2.55 bits per heavy atom. The number of hydrogen-bond donors (Lipinski definition) is 1. The van der Waals surface area contributed by atoms with E-state index in [2.05, 4.69) is 10.3 Å². The number of benzene rings is 2. The van der Waals surface area contributed by atoms with Crippen LogP contribution in [0.25, 0.3) is 16.9 Å². The van der Waals surface area contributed by atoms with Crippen LogP contribution in [0.3, 0.4) is 0 Å². The molecule has 0 saturated heterocycles. The molecule has 0 aliphatic rings. The van der Waals surface area contributed by atoms with Crippen molar-refractivity contribution in [2.45, 2.75) is 13.5 Å². The number of carbonyl (C=O) groups excluding carboxylic acids is 2. The van der Waals surface area contributed by atoms with Crippen LogP contribution >= 0.6 is 0 Å². The molecule has 1 N–H and O–H groups in total. The minimum absolute atomic E-state index is 0.0886. The predicted octanol–water partition coefficient (Wildman–Crippen LogP) is 3.03. The third-order valence-electron chi connectivity index (χ3n) is 4.56. The summed E-state index contributed by atoms with van der Waals surface area (Å²) >= 11 is 0. The Bertz CT molecular complexity index is 1270. The van der Waals surface area contributed by atoms with Gasteiger partial charge in [0.25, 0.3) is 0 Å². The van der Waals surface area contributed by atoms with E-state index in [0.717, 1.165) is 0 Å². The molecule has 0 aliphatic carbocycles. The number of Topliss-reactive ketones (excluding diaryl/α,β-unsaturated/α-hetero) is 1. The number of para-hydroxylation sites is 1. The van der Waals surface area contributed by atoms with Gasteiger partial charge in [-0.15, -0.1) is 0 Å². The Morgan fingerprint density at radius 2 is 1.79 bits per heavy atom. The summed E-state index contributed by atoms with van der Waals surface area (Å²) < 4.78 is 2.87. The zero-order valence-corrected chi connectivity index (χ0v) is 15.7. The number of ketones is 1. The highest BCUT2D eigenvalue weighted by atomic mass is 16.2. The van der Waals surface area contributed by atoms with Crippen molar-refractivity contribution in [1.82, 2.24) is 14.1 Å². The Morgan fingerprint density at radius 1 is 1.00 bits per heavy atom. The van der Waals surface area contributed by atoms with Crippen molar-refractivity contribution < 1.29 is 9.59 Å². The average molecular weight is 386 g/mol. The number of rotatable bonds is 5. The van der Waals surface area contributed by atoms with E-state index in [9.17, 15) is 14.4 Å². The number of amides is 1. The van der Waals surface area contributed by atoms with Gasteiger partial charge in [-0.05, 0) is 43.3 Å². The quantitative estimate of drug-likeness (QED) is 0.534. The number of nitrogens with one attached hydrogen (secondary N) is 1. The molecule has 0 fully saturated rings. The number of fused-ring (bicyclic) bond motifs is 1. The Kier molecular flexibility index (Phi) is 4.78. The van der Waals surface area contributed by atoms with Gasteiger partial charge in [-0.25, -0.2) is 14.3 Å². The number of anilines is 1. The summed E-state index contributed by atoms with van der Waals surface area (Å²) in [5.74, 6) is -0.460. The number of imidazole rings is 1. The Labute approximate surface area is 166 Å². The van der Waals surface area contributed by atoms with Crippen LogP contribution in [-0.2, 0) is 11.3 Å². The van der Waals surface area contributed by atoms with Gasteiger partial charge in [-0.2, -0.15) is 0 Å². The fourth-order valence-corrected chi connectivity index (χ4v) is 3.21. The van der Waals surface area contributed by atoms with Gasteiger partial charge in [0, 0.05) is 17.4 Å². The lowest BCUT2D eigenvalue weighted by molar-refractivity contribution is -0.116. The van der Waals surface area contributed by atoms with Crippen molar-refractivity contribution in [2.75, 3.05) is 5.32 Å². The lowest BCUT2D eigenvalue weighted by Crippen LogP contribution is -2.29. The second kappa shape index (κ2) is 7.55. The summed E-state index contributed by atoms with van der Waals surface area (Å²) in [6.45, 7) is 1.29. The molecule has 7 heteroatoms. The van der Waals surface area contributed by atoms with E-state index in [4.69, 9.17) is 0 Å². The molecule has 0 atom stereocenters. The molecule has 2 aromatic heterocycles. The van der Waals surface area contributed by atoms with Crippen molar-refractivity contribution in [1.29, 1.82) is 0 Å². The molecular weight excluding hydrogens is 368 g/mol. The third kappa shape index (κ3) is 3.58. The zero-order valence-electron chi connectivity index (χ0n) is 15.7. The fraction of sp³-hybridized carbons (Fsp3) is 0.0909. The van der Waals surface area contributed by atoms with Crippen LogP contribution in [0.2, 0.25) is 0 Å². The van der Waals surface area contributed by atoms with Crippen molar-refractivity contribution >= 4 is 28.5 Å². The highest BCUT2D eigenvalue weighted by Crippen LogP contribution is 2.16. The predicted molar refractivity (Wildman–Crippen MR) is 110 cm³/mol. The SMILES string of the molecule is CC(=O)c1cccc(NC(=O)Cn2c(=O)n(-c3ccccc3)c3ncccc32)c1. The Hall–Kier alpha value is -4.00. The third-order valence-corrected chi connectivity index (χ3v) is 4.56. The van der Waals surface area contributed by atoms with Crippen LogP contribution in [-0.4, -0.2) is 25.8 Å². The molecule has 0 saturated carbocycles. The first-order valence-corrected chi connectivity index (χ1v) is 9.07. The molecule has 0 spiro atoms. The molecule has 7 nitrogen and oxygen atoms in total. The maximum atomic E-state index is 13.1. The van der Waals surface area contributed by atoms with E-state index < -0.39 is 0 Å². The van der Waals surface area contributed by atoms with Gasteiger partial charge in [-0.1, -0.05) is 30.3 Å². The summed E-state index contributed by atoms with van der Waals surface area (Å²) in [5, 5.41) is 2.75. The van der Waals surface area contributed by atoms with E-state index in [1.54, 1.807) is 42.6 Å². The molecule has 0 unspecified atom stereocenters. The molecule has 2 aromatic carbocycles. The first-order chi connectivity index (χ1) is 14.0. The van der Waals surface area contributed by atoms with Crippen molar-refractivity contribution in [2.24, 2.45) is 0 Å². The van der Waals surface area contributed by atoms with Crippen molar-refractivity contribution in [3.8, 4) is 5.69 Å². The molecule has 0 bridgehead atoms. The van der Waals surface area contributed by atoms with Crippen LogP contribution in [0, 0.1) is 0 Å². The lowest BCUT2D eigenvalue weighted by Gasteiger charge is -2.07. The molecule has 4 rings (SSSR count). The zero-order chi connectivity index (χ0) is 20.4. The van der Waals surface area contributed by atoms with Crippen LogP contribution in [0.1, 0.15) is 17.3 Å². The summed E-state index contributed by atoms with van der Waals surface area (Å²) in [4.78, 5) is 41.6. The molecule has 2 heterocycles. The van der Waals surface area contributed by atoms with E-state index in [1.807, 2.05) is 30.3 Å². The van der Waals surface area contributed by atoms with Gasteiger partial charge in [-0.3, -0.25) is 14.2 Å². The molecule has 0 radical (unpaired) electrons. The molecule has 4 aromatic rings. The van der Waals surface area contributed by atoms with Crippen molar-refractivity contribution in [3.63, 3.8) is 0 Å². The molecule has 29 heavy (non-hydrogen) atoms. The van der Waals surface area contributed by atoms with Gasteiger partial charge in [0.15, 0.2) is 11.4 Å². The van der Waals surface area contributed by atoms with Gasteiger partial charge >= 0.3 is 5.69 Å². The molecule has 0 aliphatic heterocycles. The fourth-order valence-electron chi connectivity index (χ4n) is 3.21. The molecule has 144 valence electrons. The van der Waals surface area contributed by atoms with E-state index in [-0.39, 0.29) is 23.9 Å². The second-order valence-corrected chi connectivity index (χ2v) is 6.57.